The highest BCUT2D eigenvalue weighted by Gasteiger charge is 2.18. The van der Waals surface area contributed by atoms with E-state index in [9.17, 15) is 4.79 Å². The SMILES string of the molecule is CC1CCCCN1Cc1ccc(-c2nnn(CC(=O)NCc3ccco3)n2)cc1. The van der Waals surface area contributed by atoms with Crippen molar-refractivity contribution in [2.75, 3.05) is 6.54 Å². The van der Waals surface area contributed by atoms with Gasteiger partial charge in [-0.05, 0) is 49.2 Å². The van der Waals surface area contributed by atoms with Gasteiger partial charge in [0, 0.05) is 18.2 Å². The molecule has 1 aliphatic rings. The number of hydrogen-bond donors (Lipinski definition) is 1. The van der Waals surface area contributed by atoms with Crippen molar-refractivity contribution < 1.29 is 9.21 Å². The van der Waals surface area contributed by atoms with E-state index < -0.39 is 0 Å². The van der Waals surface area contributed by atoms with E-state index in [1.165, 1.54) is 36.2 Å². The van der Waals surface area contributed by atoms with Crippen LogP contribution in [0.4, 0.5) is 0 Å². The molecule has 0 saturated carbocycles. The number of likely N-dealkylation sites (tertiary alicyclic amines) is 1. The van der Waals surface area contributed by atoms with E-state index in [-0.39, 0.29) is 12.5 Å². The monoisotopic (exact) mass is 394 g/mol. The van der Waals surface area contributed by atoms with E-state index >= 15 is 0 Å². The average Bonchev–Trinajstić information content (AvgIpc) is 3.41. The third-order valence-corrected chi connectivity index (χ3v) is 5.32. The molecule has 8 nitrogen and oxygen atoms in total. The van der Waals surface area contributed by atoms with Crippen LogP contribution in [0.5, 0.6) is 0 Å². The minimum Gasteiger partial charge on any atom is -0.467 e. The van der Waals surface area contributed by atoms with Crippen LogP contribution in [0.15, 0.2) is 47.1 Å². The zero-order chi connectivity index (χ0) is 20.1. The maximum Gasteiger partial charge on any atom is 0.244 e. The van der Waals surface area contributed by atoms with Crippen molar-refractivity contribution in [1.29, 1.82) is 0 Å². The zero-order valence-electron chi connectivity index (χ0n) is 16.6. The fourth-order valence-electron chi connectivity index (χ4n) is 3.60. The molecular formula is C21H26N6O2. The van der Waals surface area contributed by atoms with Gasteiger partial charge in [-0.3, -0.25) is 9.69 Å². The van der Waals surface area contributed by atoms with Gasteiger partial charge in [-0.15, -0.1) is 10.2 Å². The summed E-state index contributed by atoms with van der Waals surface area (Å²) in [5.41, 5.74) is 2.18. The molecule has 1 amide bonds. The summed E-state index contributed by atoms with van der Waals surface area (Å²) < 4.78 is 5.19. The summed E-state index contributed by atoms with van der Waals surface area (Å²) in [4.78, 5) is 15.9. The van der Waals surface area contributed by atoms with Crippen molar-refractivity contribution in [3.63, 3.8) is 0 Å². The summed E-state index contributed by atoms with van der Waals surface area (Å²) in [7, 11) is 0. The molecule has 1 aromatic carbocycles. The van der Waals surface area contributed by atoms with Crippen LogP contribution >= 0.6 is 0 Å². The van der Waals surface area contributed by atoms with Gasteiger partial charge in [0.1, 0.15) is 12.3 Å². The quantitative estimate of drug-likeness (QED) is 0.663. The fraction of sp³-hybridized carbons (Fsp3) is 0.429. The molecule has 2 aromatic heterocycles. The largest absolute Gasteiger partial charge is 0.467 e. The number of tetrazole rings is 1. The maximum atomic E-state index is 12.0. The highest BCUT2D eigenvalue weighted by molar-refractivity contribution is 5.75. The average molecular weight is 394 g/mol. The van der Waals surface area contributed by atoms with Crippen molar-refractivity contribution in [3.05, 3.63) is 54.0 Å². The lowest BCUT2D eigenvalue weighted by molar-refractivity contribution is -0.122. The molecule has 1 atom stereocenters. The van der Waals surface area contributed by atoms with Gasteiger partial charge in [0.15, 0.2) is 0 Å². The summed E-state index contributed by atoms with van der Waals surface area (Å²) in [5, 5.41) is 15.2. The van der Waals surface area contributed by atoms with Crippen molar-refractivity contribution in [2.45, 2.75) is 51.9 Å². The second kappa shape index (κ2) is 9.00. The summed E-state index contributed by atoms with van der Waals surface area (Å²) in [6.07, 6.45) is 5.47. The van der Waals surface area contributed by atoms with Gasteiger partial charge >= 0.3 is 0 Å². The number of rotatable bonds is 7. The van der Waals surface area contributed by atoms with Gasteiger partial charge in [-0.2, -0.15) is 4.80 Å². The summed E-state index contributed by atoms with van der Waals surface area (Å²) >= 11 is 0. The van der Waals surface area contributed by atoms with E-state index in [4.69, 9.17) is 4.42 Å². The molecule has 1 aliphatic heterocycles. The Hall–Kier alpha value is -3.00. The van der Waals surface area contributed by atoms with Crippen LogP contribution in [-0.4, -0.2) is 43.6 Å². The molecule has 1 N–H and O–H groups in total. The first-order valence-electron chi connectivity index (χ1n) is 10.1. The topological polar surface area (TPSA) is 89.1 Å². The van der Waals surface area contributed by atoms with Gasteiger partial charge in [-0.1, -0.05) is 30.7 Å². The minimum atomic E-state index is -0.198. The number of amides is 1. The predicted molar refractivity (Wildman–Crippen MR) is 108 cm³/mol. The first-order valence-corrected chi connectivity index (χ1v) is 10.1. The lowest BCUT2D eigenvalue weighted by atomic mass is 10.0. The molecule has 0 bridgehead atoms. The molecule has 0 spiro atoms. The third kappa shape index (κ3) is 5.08. The van der Waals surface area contributed by atoms with Crippen LogP contribution in [0.1, 0.15) is 37.5 Å². The fourth-order valence-corrected chi connectivity index (χ4v) is 3.60. The molecule has 1 saturated heterocycles. The van der Waals surface area contributed by atoms with Crippen molar-refractivity contribution >= 4 is 5.91 Å². The first kappa shape index (κ1) is 19.3. The van der Waals surface area contributed by atoms with E-state index in [0.717, 1.165) is 12.1 Å². The number of nitrogens with one attached hydrogen (secondary N) is 1. The number of benzene rings is 1. The number of hydrogen-bond acceptors (Lipinski definition) is 6. The zero-order valence-corrected chi connectivity index (χ0v) is 16.6. The number of aromatic nitrogens is 4. The standard InChI is InChI=1S/C21H26N6O2/c1-16-5-2-3-11-26(16)14-17-7-9-18(10-8-17)21-23-25-27(24-21)15-20(28)22-13-19-6-4-12-29-19/h4,6-10,12,16H,2-3,5,11,13-15H2,1H3,(H,22,28). The second-order valence-corrected chi connectivity index (χ2v) is 7.51. The summed E-state index contributed by atoms with van der Waals surface area (Å²) in [6.45, 7) is 4.79. The van der Waals surface area contributed by atoms with E-state index in [0.29, 0.717) is 24.2 Å². The minimum absolute atomic E-state index is 0.0125. The van der Waals surface area contributed by atoms with Crippen LogP contribution in [-0.2, 0) is 24.4 Å². The molecule has 152 valence electrons. The Morgan fingerprint density at radius 2 is 2.10 bits per heavy atom. The van der Waals surface area contributed by atoms with Crippen LogP contribution in [0.3, 0.4) is 0 Å². The normalized spacial score (nSPS) is 17.3. The number of carbonyl (C=O) groups is 1. The van der Waals surface area contributed by atoms with E-state index in [1.807, 2.05) is 18.2 Å². The number of piperidine rings is 1. The Morgan fingerprint density at radius 1 is 1.24 bits per heavy atom. The number of nitrogens with zero attached hydrogens (tertiary/aromatic N) is 5. The smallest absolute Gasteiger partial charge is 0.244 e. The highest BCUT2D eigenvalue weighted by Crippen LogP contribution is 2.20. The predicted octanol–water partition coefficient (Wildman–Crippen LogP) is 2.62. The van der Waals surface area contributed by atoms with E-state index in [2.05, 4.69) is 44.7 Å². The molecule has 3 aromatic rings. The van der Waals surface area contributed by atoms with Crippen molar-refractivity contribution in [1.82, 2.24) is 30.4 Å². The highest BCUT2D eigenvalue weighted by atomic mass is 16.3. The van der Waals surface area contributed by atoms with Gasteiger partial charge in [-0.25, -0.2) is 0 Å². The van der Waals surface area contributed by atoms with Crippen LogP contribution in [0.2, 0.25) is 0 Å². The van der Waals surface area contributed by atoms with Gasteiger partial charge in [0.2, 0.25) is 11.7 Å². The Balaban J connectivity index is 1.32. The van der Waals surface area contributed by atoms with Crippen LogP contribution < -0.4 is 5.32 Å². The summed E-state index contributed by atoms with van der Waals surface area (Å²) in [6, 6.07) is 12.5. The molecule has 8 heteroatoms. The van der Waals surface area contributed by atoms with Crippen LogP contribution in [0.25, 0.3) is 11.4 Å². The number of carbonyl (C=O) groups excluding carboxylic acids is 1. The Kier molecular flexibility index (Phi) is 6.00. The molecule has 3 heterocycles. The molecule has 29 heavy (non-hydrogen) atoms. The van der Waals surface area contributed by atoms with Gasteiger partial charge in [0.05, 0.1) is 12.8 Å². The van der Waals surface area contributed by atoms with Gasteiger partial charge < -0.3 is 9.73 Å². The van der Waals surface area contributed by atoms with Crippen LogP contribution in [0, 0.1) is 0 Å². The maximum absolute atomic E-state index is 12.0. The Bertz CT molecular complexity index is 919. The van der Waals surface area contributed by atoms with E-state index in [1.54, 1.807) is 12.3 Å². The molecule has 1 unspecified atom stereocenters. The Morgan fingerprint density at radius 3 is 2.86 bits per heavy atom. The third-order valence-electron chi connectivity index (χ3n) is 5.32. The summed E-state index contributed by atoms with van der Waals surface area (Å²) in [5.74, 6) is 1.02. The molecule has 0 radical (unpaired) electrons. The second-order valence-electron chi connectivity index (χ2n) is 7.51. The number of furan rings is 1. The van der Waals surface area contributed by atoms with Crippen molar-refractivity contribution in [2.24, 2.45) is 0 Å². The lowest BCUT2D eigenvalue weighted by Crippen LogP contribution is -2.36. The molecule has 1 fully saturated rings. The molecular weight excluding hydrogens is 368 g/mol. The Labute approximate surface area is 169 Å². The van der Waals surface area contributed by atoms with Crippen molar-refractivity contribution in [3.8, 4) is 11.4 Å². The molecule has 0 aliphatic carbocycles. The van der Waals surface area contributed by atoms with Gasteiger partial charge in [0.25, 0.3) is 0 Å². The lowest BCUT2D eigenvalue weighted by Gasteiger charge is -2.33. The molecule has 4 rings (SSSR count). The first-order chi connectivity index (χ1) is 14.2.